The number of carbonyl (C=O) groups is 1. The molecule has 0 heterocycles. The predicted molar refractivity (Wildman–Crippen MR) is 39.3 cm³/mol. The molecule has 0 atom stereocenters. The van der Waals surface area contributed by atoms with Crippen LogP contribution in [-0.4, -0.2) is 11.0 Å². The van der Waals surface area contributed by atoms with Crippen LogP contribution in [0.5, 0.6) is 0 Å². The number of carbonyl (C=O) groups excluding carboxylic acids is 1. The Bertz CT molecular complexity index is 154. The smallest absolute Gasteiger partial charge is 0.231 e. The highest BCUT2D eigenvalue weighted by Gasteiger charge is 2.00. The monoisotopic (exact) mass is 141 g/mol. The summed E-state index contributed by atoms with van der Waals surface area (Å²) < 4.78 is 0. The van der Waals surface area contributed by atoms with Gasteiger partial charge < -0.3 is 10.4 Å². The van der Waals surface area contributed by atoms with Gasteiger partial charge in [-0.15, -0.1) is 0 Å². The van der Waals surface area contributed by atoms with Gasteiger partial charge in [-0.1, -0.05) is 13.2 Å². The average molecular weight is 141 g/mol. The Morgan fingerprint density at radius 3 is 2.40 bits per heavy atom. The van der Waals surface area contributed by atoms with Crippen molar-refractivity contribution in [1.82, 2.24) is 5.32 Å². The quantitative estimate of drug-likeness (QED) is 0.578. The van der Waals surface area contributed by atoms with E-state index in [4.69, 9.17) is 5.11 Å². The zero-order chi connectivity index (χ0) is 8.15. The summed E-state index contributed by atoms with van der Waals surface area (Å²) in [5, 5.41) is 11.0. The first-order valence-electron chi connectivity index (χ1n) is 2.84. The Hall–Kier alpha value is -1.25. The van der Waals surface area contributed by atoms with Crippen molar-refractivity contribution in [2.24, 2.45) is 0 Å². The van der Waals surface area contributed by atoms with Crippen molar-refractivity contribution in [3.8, 4) is 0 Å². The third-order valence-electron chi connectivity index (χ3n) is 0.717. The van der Waals surface area contributed by atoms with Gasteiger partial charge in [-0.3, -0.25) is 4.79 Å². The van der Waals surface area contributed by atoms with Crippen molar-refractivity contribution in [3.63, 3.8) is 0 Å². The summed E-state index contributed by atoms with van der Waals surface area (Å²) in [6.07, 6.45) is -0.0626. The lowest BCUT2D eigenvalue weighted by Crippen LogP contribution is -2.20. The Balaban J connectivity index is 3.65. The molecule has 0 rings (SSSR count). The molecule has 1 amide bonds. The van der Waals surface area contributed by atoms with Gasteiger partial charge in [0.05, 0.1) is 12.2 Å². The second-order valence-corrected chi connectivity index (χ2v) is 2.07. The Labute approximate surface area is 60.1 Å². The summed E-state index contributed by atoms with van der Waals surface area (Å²) >= 11 is 0. The van der Waals surface area contributed by atoms with Gasteiger partial charge in [0.2, 0.25) is 5.91 Å². The lowest BCUT2D eigenvalue weighted by molar-refractivity contribution is -0.120. The summed E-state index contributed by atoms with van der Waals surface area (Å²) in [6, 6.07) is 0. The molecule has 0 aromatic carbocycles. The van der Waals surface area contributed by atoms with Crippen LogP contribution in [0.1, 0.15) is 13.3 Å². The molecule has 0 spiro atoms. The molecule has 0 aliphatic carbocycles. The molecule has 0 saturated heterocycles. The Morgan fingerprint density at radius 1 is 1.60 bits per heavy atom. The number of nitrogens with one attached hydrogen (secondary N) is 1. The van der Waals surface area contributed by atoms with Crippen LogP contribution in [0.3, 0.4) is 0 Å². The number of aliphatic hydroxyl groups excluding tert-OH is 1. The second-order valence-electron chi connectivity index (χ2n) is 2.07. The van der Waals surface area contributed by atoms with Gasteiger partial charge in [0.15, 0.2) is 0 Å². The van der Waals surface area contributed by atoms with E-state index in [9.17, 15) is 4.79 Å². The fourth-order valence-corrected chi connectivity index (χ4v) is 0.468. The van der Waals surface area contributed by atoms with Crippen LogP contribution in [0.25, 0.3) is 0 Å². The molecule has 0 aromatic heterocycles. The van der Waals surface area contributed by atoms with Gasteiger partial charge in [0, 0.05) is 5.70 Å². The van der Waals surface area contributed by atoms with E-state index < -0.39 is 0 Å². The zero-order valence-corrected chi connectivity index (χ0v) is 5.98. The first kappa shape index (κ1) is 8.75. The second kappa shape index (κ2) is 3.71. The third-order valence-corrected chi connectivity index (χ3v) is 0.717. The fraction of sp³-hybridized carbons (Fsp3) is 0.286. The van der Waals surface area contributed by atoms with E-state index in [0.29, 0.717) is 5.70 Å². The molecule has 0 fully saturated rings. The van der Waals surface area contributed by atoms with E-state index in [-0.39, 0.29) is 18.1 Å². The highest BCUT2D eigenvalue weighted by Crippen LogP contribution is 1.91. The van der Waals surface area contributed by atoms with Gasteiger partial charge in [-0.05, 0) is 6.92 Å². The summed E-state index contributed by atoms with van der Waals surface area (Å²) in [6.45, 7) is 8.29. The molecule has 3 heteroatoms. The van der Waals surface area contributed by atoms with Crippen LogP contribution in [0.4, 0.5) is 0 Å². The van der Waals surface area contributed by atoms with Crippen LogP contribution in [0.15, 0.2) is 24.6 Å². The van der Waals surface area contributed by atoms with Gasteiger partial charge in [0.1, 0.15) is 0 Å². The van der Waals surface area contributed by atoms with Crippen LogP contribution in [-0.2, 0) is 4.79 Å². The first-order valence-corrected chi connectivity index (χ1v) is 2.84. The molecule has 3 nitrogen and oxygen atoms in total. The molecule has 0 radical (unpaired) electrons. The molecule has 0 aliphatic heterocycles. The van der Waals surface area contributed by atoms with E-state index in [1.807, 2.05) is 0 Å². The zero-order valence-electron chi connectivity index (χ0n) is 5.98. The van der Waals surface area contributed by atoms with Crippen LogP contribution < -0.4 is 5.32 Å². The Morgan fingerprint density at radius 2 is 2.10 bits per heavy atom. The van der Waals surface area contributed by atoms with Crippen molar-refractivity contribution in [2.75, 3.05) is 0 Å². The minimum absolute atomic E-state index is 0.0626. The van der Waals surface area contributed by atoms with Crippen LogP contribution >= 0.6 is 0 Å². The molecule has 0 unspecified atom stereocenters. The van der Waals surface area contributed by atoms with Gasteiger partial charge >= 0.3 is 0 Å². The van der Waals surface area contributed by atoms with E-state index >= 15 is 0 Å². The maximum atomic E-state index is 10.7. The maximum absolute atomic E-state index is 10.7. The molecule has 10 heavy (non-hydrogen) atoms. The van der Waals surface area contributed by atoms with Crippen molar-refractivity contribution < 1.29 is 9.90 Å². The normalized spacial score (nSPS) is 8.50. The minimum atomic E-state index is -0.292. The van der Waals surface area contributed by atoms with E-state index in [1.165, 1.54) is 0 Å². The van der Waals surface area contributed by atoms with E-state index in [0.717, 1.165) is 0 Å². The third kappa shape index (κ3) is 4.90. The number of rotatable bonds is 3. The standard InChI is InChI=1S/C7H11NO2/c1-5(2)8-7(10)4-6(3)9/h9H,1,3-4H2,2H3,(H,8,10). The van der Waals surface area contributed by atoms with Crippen molar-refractivity contribution >= 4 is 5.91 Å². The molecule has 0 bridgehead atoms. The average Bonchev–Trinajstić information content (AvgIpc) is 1.58. The van der Waals surface area contributed by atoms with Crippen LogP contribution in [0.2, 0.25) is 0 Å². The van der Waals surface area contributed by atoms with E-state index in [1.54, 1.807) is 6.92 Å². The number of amides is 1. The molecule has 0 aromatic rings. The summed E-state index contributed by atoms with van der Waals surface area (Å²) in [5.41, 5.74) is 0.561. The number of aliphatic hydroxyl groups is 1. The largest absolute Gasteiger partial charge is 0.512 e. The number of hydrogen-bond acceptors (Lipinski definition) is 2. The summed E-state index contributed by atoms with van der Waals surface area (Å²) in [4.78, 5) is 10.7. The highest BCUT2D eigenvalue weighted by molar-refractivity contribution is 5.79. The first-order chi connectivity index (χ1) is 4.52. The van der Waals surface area contributed by atoms with Crippen LogP contribution in [0, 0.1) is 0 Å². The predicted octanol–water partition coefficient (Wildman–Crippen LogP) is 1.10. The van der Waals surface area contributed by atoms with Crippen molar-refractivity contribution in [2.45, 2.75) is 13.3 Å². The van der Waals surface area contributed by atoms with E-state index in [2.05, 4.69) is 18.5 Å². The topological polar surface area (TPSA) is 49.3 Å². The lowest BCUT2D eigenvalue weighted by Gasteiger charge is -2.01. The minimum Gasteiger partial charge on any atom is -0.512 e. The SMILES string of the molecule is C=C(O)CC(=O)NC(=C)C. The summed E-state index contributed by atoms with van der Waals surface area (Å²) in [5.74, 6) is -0.432. The summed E-state index contributed by atoms with van der Waals surface area (Å²) in [7, 11) is 0. The molecular formula is C7H11NO2. The maximum Gasteiger partial charge on any atom is 0.231 e. The molecule has 56 valence electrons. The lowest BCUT2D eigenvalue weighted by atomic mass is 10.3. The fourth-order valence-electron chi connectivity index (χ4n) is 0.468. The molecule has 0 saturated carbocycles. The van der Waals surface area contributed by atoms with Crippen molar-refractivity contribution in [3.05, 3.63) is 24.6 Å². The van der Waals surface area contributed by atoms with Crippen molar-refractivity contribution in [1.29, 1.82) is 0 Å². The molecule has 2 N–H and O–H groups in total. The number of hydrogen-bond donors (Lipinski definition) is 2. The Kier molecular flexibility index (Phi) is 3.25. The molecular weight excluding hydrogens is 130 g/mol. The van der Waals surface area contributed by atoms with Gasteiger partial charge in [-0.25, -0.2) is 0 Å². The molecule has 0 aliphatic rings. The van der Waals surface area contributed by atoms with Gasteiger partial charge in [-0.2, -0.15) is 0 Å². The van der Waals surface area contributed by atoms with Gasteiger partial charge in [0.25, 0.3) is 0 Å². The number of allylic oxidation sites excluding steroid dienone is 1. The highest BCUT2D eigenvalue weighted by atomic mass is 16.3.